The van der Waals surface area contributed by atoms with Crippen molar-refractivity contribution in [1.82, 2.24) is 10.3 Å². The number of ether oxygens (including phenoxy) is 1. The lowest BCUT2D eigenvalue weighted by Gasteiger charge is -2.14. The third kappa shape index (κ3) is 5.41. The first-order valence-electron chi connectivity index (χ1n) is 8.79. The second-order valence-electron chi connectivity index (χ2n) is 6.02. The van der Waals surface area contributed by atoms with Crippen molar-refractivity contribution in [3.05, 3.63) is 75.0 Å². The molecule has 3 aromatic rings. The molecule has 0 unspecified atom stereocenters. The summed E-state index contributed by atoms with van der Waals surface area (Å²) < 4.78 is 34.4. The van der Waals surface area contributed by atoms with Gasteiger partial charge in [-0.05, 0) is 84.1 Å². The fourth-order valence-electron chi connectivity index (χ4n) is 2.49. The molecule has 30 heavy (non-hydrogen) atoms. The smallest absolute Gasteiger partial charge is 0.261 e. The van der Waals surface area contributed by atoms with Crippen LogP contribution in [0.1, 0.15) is 17.3 Å². The third-order valence-corrected chi connectivity index (χ3v) is 6.27. The van der Waals surface area contributed by atoms with E-state index in [2.05, 4.69) is 37.6 Å². The number of pyridine rings is 1. The topological polar surface area (TPSA) is 97.4 Å². The summed E-state index contributed by atoms with van der Waals surface area (Å²) in [6, 6.07) is 14.1. The molecule has 1 heterocycles. The number of aromatic nitrogens is 1. The Balaban J connectivity index is 1.95. The van der Waals surface area contributed by atoms with Gasteiger partial charge in [0.25, 0.3) is 15.9 Å². The van der Waals surface area contributed by atoms with Crippen LogP contribution in [0, 0.1) is 3.57 Å². The molecule has 7 nitrogen and oxygen atoms in total. The van der Waals surface area contributed by atoms with Gasteiger partial charge < -0.3 is 10.1 Å². The largest absolute Gasteiger partial charge is 0.437 e. The van der Waals surface area contributed by atoms with Gasteiger partial charge in [-0.2, -0.15) is 0 Å². The number of amides is 1. The number of rotatable bonds is 7. The average Bonchev–Trinajstić information content (AvgIpc) is 2.71. The summed E-state index contributed by atoms with van der Waals surface area (Å²) >= 11 is 8.18. The van der Waals surface area contributed by atoms with E-state index in [1.54, 1.807) is 31.2 Å². The zero-order chi connectivity index (χ0) is 21.7. The van der Waals surface area contributed by atoms with Gasteiger partial charge in [-0.15, -0.1) is 0 Å². The molecule has 0 saturated heterocycles. The standard InChI is InChI=1S/C20H17ClIN3O4S/c1-2-23-19(26)16-12-14(25-30(27,28)15-8-5-13(22)6-9-15)7-10-18(16)29-20-17(21)4-3-11-24-20/h3-12,25H,2H2,1H3,(H,23,26). The summed E-state index contributed by atoms with van der Waals surface area (Å²) in [5, 5.41) is 2.96. The predicted octanol–water partition coefficient (Wildman–Crippen LogP) is 4.68. The lowest BCUT2D eigenvalue weighted by atomic mass is 10.1. The highest BCUT2D eigenvalue weighted by atomic mass is 127. The number of anilines is 1. The molecule has 0 atom stereocenters. The molecule has 0 aliphatic carbocycles. The SMILES string of the molecule is CCNC(=O)c1cc(NS(=O)(=O)c2ccc(I)cc2)ccc1Oc1ncccc1Cl. The molecule has 10 heteroatoms. The summed E-state index contributed by atoms with van der Waals surface area (Å²) in [7, 11) is -3.82. The first-order chi connectivity index (χ1) is 14.3. The van der Waals surface area contributed by atoms with Crippen molar-refractivity contribution in [2.45, 2.75) is 11.8 Å². The van der Waals surface area contributed by atoms with Crippen LogP contribution in [0.4, 0.5) is 5.69 Å². The van der Waals surface area contributed by atoms with Crippen LogP contribution < -0.4 is 14.8 Å². The van der Waals surface area contributed by atoms with Gasteiger partial charge in [0, 0.05) is 22.0 Å². The Morgan fingerprint density at radius 1 is 1.17 bits per heavy atom. The molecule has 156 valence electrons. The van der Waals surface area contributed by atoms with E-state index in [1.165, 1.54) is 36.5 Å². The highest BCUT2D eigenvalue weighted by Gasteiger charge is 2.19. The number of benzene rings is 2. The van der Waals surface area contributed by atoms with Gasteiger partial charge in [0.1, 0.15) is 10.8 Å². The molecule has 0 saturated carbocycles. The Labute approximate surface area is 193 Å². The third-order valence-electron chi connectivity index (χ3n) is 3.87. The maximum Gasteiger partial charge on any atom is 0.261 e. The Hall–Kier alpha value is -2.37. The van der Waals surface area contributed by atoms with Crippen molar-refractivity contribution in [2.75, 3.05) is 11.3 Å². The summed E-state index contributed by atoms with van der Waals surface area (Å²) in [5.41, 5.74) is 0.357. The minimum Gasteiger partial charge on any atom is -0.437 e. The van der Waals surface area contributed by atoms with E-state index in [0.717, 1.165) is 3.57 Å². The van der Waals surface area contributed by atoms with E-state index in [4.69, 9.17) is 16.3 Å². The Morgan fingerprint density at radius 2 is 1.90 bits per heavy atom. The van der Waals surface area contributed by atoms with E-state index < -0.39 is 15.9 Å². The molecule has 0 radical (unpaired) electrons. The number of carbonyl (C=O) groups excluding carboxylic acids is 1. The van der Waals surface area contributed by atoms with Crippen LogP contribution in [0.25, 0.3) is 0 Å². The van der Waals surface area contributed by atoms with Crippen molar-refractivity contribution in [2.24, 2.45) is 0 Å². The Bertz CT molecular complexity index is 1170. The normalized spacial score (nSPS) is 11.0. The summed E-state index contributed by atoms with van der Waals surface area (Å²) in [6.45, 7) is 2.17. The molecule has 0 bridgehead atoms. The summed E-state index contributed by atoms with van der Waals surface area (Å²) in [4.78, 5) is 16.7. The van der Waals surface area contributed by atoms with Crippen molar-refractivity contribution in [1.29, 1.82) is 0 Å². The average molecular weight is 558 g/mol. The fourth-order valence-corrected chi connectivity index (χ4v) is 4.06. The van der Waals surface area contributed by atoms with Gasteiger partial charge in [0.2, 0.25) is 5.88 Å². The van der Waals surface area contributed by atoms with Gasteiger partial charge in [-0.25, -0.2) is 13.4 Å². The van der Waals surface area contributed by atoms with E-state index in [-0.39, 0.29) is 32.8 Å². The number of nitrogens with one attached hydrogen (secondary N) is 2. The molecule has 0 aliphatic heterocycles. The maximum atomic E-state index is 12.7. The fraction of sp³-hybridized carbons (Fsp3) is 0.100. The van der Waals surface area contributed by atoms with Gasteiger partial charge in [0.15, 0.2) is 0 Å². The Morgan fingerprint density at radius 3 is 2.57 bits per heavy atom. The quantitative estimate of drug-likeness (QED) is 0.411. The van der Waals surface area contributed by atoms with Crippen LogP contribution in [0.2, 0.25) is 5.02 Å². The number of halogens is 2. The highest BCUT2D eigenvalue weighted by molar-refractivity contribution is 14.1. The zero-order valence-electron chi connectivity index (χ0n) is 15.7. The molecule has 1 amide bonds. The molecule has 0 aliphatic rings. The first-order valence-corrected chi connectivity index (χ1v) is 11.7. The molecular formula is C20H17ClIN3O4S. The predicted molar refractivity (Wildman–Crippen MR) is 124 cm³/mol. The van der Waals surface area contributed by atoms with Crippen molar-refractivity contribution < 1.29 is 17.9 Å². The summed E-state index contributed by atoms with van der Waals surface area (Å²) in [6.07, 6.45) is 1.51. The van der Waals surface area contributed by atoms with Crippen LogP contribution in [-0.2, 0) is 10.0 Å². The Kier molecular flexibility index (Phi) is 7.16. The van der Waals surface area contributed by atoms with Crippen molar-refractivity contribution in [3.8, 4) is 11.6 Å². The first kappa shape index (κ1) is 22.3. The van der Waals surface area contributed by atoms with Crippen molar-refractivity contribution >= 4 is 55.8 Å². The second-order valence-corrected chi connectivity index (χ2v) is 9.36. The van der Waals surface area contributed by atoms with Gasteiger partial charge in [-0.3, -0.25) is 9.52 Å². The number of hydrogen-bond acceptors (Lipinski definition) is 5. The lowest BCUT2D eigenvalue weighted by Crippen LogP contribution is -2.23. The van der Waals surface area contributed by atoms with Crippen molar-refractivity contribution in [3.63, 3.8) is 0 Å². The summed E-state index contributed by atoms with van der Waals surface area (Å²) in [5.74, 6) is -0.0921. The highest BCUT2D eigenvalue weighted by Crippen LogP contribution is 2.31. The van der Waals surface area contributed by atoms with E-state index in [9.17, 15) is 13.2 Å². The van der Waals surface area contributed by atoms with Crippen LogP contribution >= 0.6 is 34.2 Å². The maximum absolute atomic E-state index is 12.7. The number of nitrogens with zero attached hydrogens (tertiary/aromatic N) is 1. The van der Waals surface area contributed by atoms with Gasteiger partial charge in [-0.1, -0.05) is 11.6 Å². The van der Waals surface area contributed by atoms with Crippen LogP contribution in [0.5, 0.6) is 11.6 Å². The zero-order valence-corrected chi connectivity index (χ0v) is 19.5. The van der Waals surface area contributed by atoms with E-state index >= 15 is 0 Å². The van der Waals surface area contributed by atoms with Crippen LogP contribution in [-0.4, -0.2) is 25.9 Å². The monoisotopic (exact) mass is 557 g/mol. The van der Waals surface area contributed by atoms with E-state index in [0.29, 0.717) is 6.54 Å². The minimum absolute atomic E-state index is 0.114. The van der Waals surface area contributed by atoms with Gasteiger partial charge >= 0.3 is 0 Å². The number of carbonyl (C=O) groups is 1. The molecule has 2 aromatic carbocycles. The molecule has 0 spiro atoms. The van der Waals surface area contributed by atoms with E-state index in [1.807, 2.05) is 0 Å². The lowest BCUT2D eigenvalue weighted by molar-refractivity contribution is 0.0953. The second kappa shape index (κ2) is 9.63. The molecular weight excluding hydrogens is 541 g/mol. The minimum atomic E-state index is -3.82. The number of sulfonamides is 1. The number of hydrogen-bond donors (Lipinski definition) is 2. The van der Waals surface area contributed by atoms with Gasteiger partial charge in [0.05, 0.1) is 10.5 Å². The van der Waals surface area contributed by atoms with Crippen LogP contribution in [0.3, 0.4) is 0 Å². The molecule has 0 fully saturated rings. The molecule has 1 aromatic heterocycles. The molecule has 3 rings (SSSR count). The molecule has 2 N–H and O–H groups in total. The van der Waals surface area contributed by atoms with Crippen LogP contribution in [0.15, 0.2) is 65.7 Å².